The molecule has 3 rings (SSSR count). The third-order valence-corrected chi connectivity index (χ3v) is 9.32. The average molecular weight is 536 g/mol. The highest BCUT2D eigenvalue weighted by Gasteiger charge is 2.47. The van der Waals surface area contributed by atoms with E-state index < -0.39 is 38.5 Å². The van der Waals surface area contributed by atoms with Gasteiger partial charge in [-0.05, 0) is 78.2 Å². The molecule has 2 amide bonds. The molecular formula is C28H45N3O5S. The number of amides is 2. The molecule has 37 heavy (non-hydrogen) atoms. The van der Waals surface area contributed by atoms with Crippen LogP contribution in [0.2, 0.25) is 0 Å². The standard InChI is InChI=1S/C28H45N3O5S/c1-27(2,3)30-25(32)24-17-21-14-10-11-15-22(21)19-31(24)37(34,35)23(16-20-12-8-7-9-13-20)18-29-26(33)36-28(4,5)6/h7-9,12-13,21-24H,10-11,14-19H2,1-6H3,(H,29,33)(H,30,32)/t21-,22+,23?,24-/m0/s1. The fourth-order valence-electron chi connectivity index (χ4n) is 5.43. The van der Waals surface area contributed by atoms with Crippen molar-refractivity contribution >= 4 is 22.0 Å². The molecule has 1 saturated heterocycles. The van der Waals surface area contributed by atoms with E-state index in [1.54, 1.807) is 20.8 Å². The van der Waals surface area contributed by atoms with Gasteiger partial charge in [0.25, 0.3) is 0 Å². The van der Waals surface area contributed by atoms with Gasteiger partial charge in [-0.15, -0.1) is 0 Å². The molecule has 8 nitrogen and oxygen atoms in total. The van der Waals surface area contributed by atoms with Crippen LogP contribution in [0.5, 0.6) is 0 Å². The van der Waals surface area contributed by atoms with Crippen LogP contribution in [0.3, 0.4) is 0 Å². The van der Waals surface area contributed by atoms with Gasteiger partial charge in [-0.1, -0.05) is 49.6 Å². The Hall–Kier alpha value is -2.13. The van der Waals surface area contributed by atoms with Gasteiger partial charge in [0.2, 0.25) is 15.9 Å². The lowest BCUT2D eigenvalue weighted by molar-refractivity contribution is -0.128. The van der Waals surface area contributed by atoms with Gasteiger partial charge >= 0.3 is 6.09 Å². The van der Waals surface area contributed by atoms with Crippen molar-refractivity contribution in [1.82, 2.24) is 14.9 Å². The first kappa shape index (κ1) is 29.4. The second kappa shape index (κ2) is 11.7. The average Bonchev–Trinajstić information content (AvgIpc) is 2.79. The van der Waals surface area contributed by atoms with Crippen LogP contribution in [-0.4, -0.2) is 60.2 Å². The number of ether oxygens (including phenoxy) is 1. The highest BCUT2D eigenvalue weighted by atomic mass is 32.2. The summed E-state index contributed by atoms with van der Waals surface area (Å²) in [4.78, 5) is 25.9. The zero-order chi connectivity index (χ0) is 27.4. The number of carbonyl (C=O) groups excluding carboxylic acids is 2. The molecule has 208 valence electrons. The lowest BCUT2D eigenvalue weighted by Gasteiger charge is -2.46. The number of benzene rings is 1. The van der Waals surface area contributed by atoms with Crippen LogP contribution < -0.4 is 10.6 Å². The third kappa shape index (κ3) is 8.43. The fourth-order valence-corrected chi connectivity index (χ4v) is 7.45. The monoisotopic (exact) mass is 535 g/mol. The van der Waals surface area contributed by atoms with E-state index >= 15 is 0 Å². The van der Waals surface area contributed by atoms with Gasteiger partial charge in [0.1, 0.15) is 11.6 Å². The minimum absolute atomic E-state index is 0.107. The molecule has 1 unspecified atom stereocenters. The molecule has 1 aliphatic heterocycles. The van der Waals surface area contributed by atoms with Crippen molar-refractivity contribution in [3.63, 3.8) is 0 Å². The van der Waals surface area contributed by atoms with Gasteiger partial charge in [0.05, 0.1) is 5.25 Å². The predicted molar refractivity (Wildman–Crippen MR) is 146 cm³/mol. The van der Waals surface area contributed by atoms with E-state index in [0.29, 0.717) is 18.9 Å². The number of carbonyl (C=O) groups is 2. The Bertz CT molecular complexity index is 1030. The summed E-state index contributed by atoms with van der Waals surface area (Å²) in [6.45, 7) is 11.2. The fraction of sp³-hybridized carbons (Fsp3) is 0.714. The molecule has 2 N–H and O–H groups in total. The molecule has 0 spiro atoms. The molecule has 1 aromatic carbocycles. The summed E-state index contributed by atoms with van der Waals surface area (Å²) in [5.74, 6) is 0.348. The van der Waals surface area contributed by atoms with Crippen molar-refractivity contribution in [2.45, 2.75) is 102 Å². The number of hydrogen-bond donors (Lipinski definition) is 2. The number of hydrogen-bond acceptors (Lipinski definition) is 5. The van der Waals surface area contributed by atoms with E-state index in [1.165, 1.54) is 4.31 Å². The van der Waals surface area contributed by atoms with E-state index in [1.807, 2.05) is 51.1 Å². The molecule has 1 aliphatic carbocycles. The van der Waals surface area contributed by atoms with Crippen LogP contribution in [0.4, 0.5) is 4.79 Å². The lowest BCUT2D eigenvalue weighted by atomic mass is 9.73. The van der Waals surface area contributed by atoms with Gasteiger partial charge in [-0.25, -0.2) is 13.2 Å². The number of piperidine rings is 1. The summed E-state index contributed by atoms with van der Waals surface area (Å²) in [5, 5.41) is 4.75. The Kier molecular flexibility index (Phi) is 9.32. The zero-order valence-corrected chi connectivity index (χ0v) is 24.1. The number of nitrogens with one attached hydrogen (secondary N) is 2. The third-order valence-electron chi connectivity index (χ3n) is 7.08. The van der Waals surface area contributed by atoms with Crippen molar-refractivity contribution in [3.05, 3.63) is 35.9 Å². The minimum Gasteiger partial charge on any atom is -0.444 e. The van der Waals surface area contributed by atoms with Crippen molar-refractivity contribution < 1.29 is 22.7 Å². The second-order valence-electron chi connectivity index (χ2n) is 12.6. The van der Waals surface area contributed by atoms with E-state index in [9.17, 15) is 18.0 Å². The number of rotatable bonds is 7. The first-order chi connectivity index (χ1) is 17.2. The highest BCUT2D eigenvalue weighted by molar-refractivity contribution is 7.89. The van der Waals surface area contributed by atoms with Gasteiger partial charge in [0, 0.05) is 18.6 Å². The minimum atomic E-state index is -3.96. The second-order valence-corrected chi connectivity index (χ2v) is 14.8. The van der Waals surface area contributed by atoms with Crippen LogP contribution in [0.1, 0.15) is 79.2 Å². The summed E-state index contributed by atoms with van der Waals surface area (Å²) in [6.07, 6.45) is 4.31. The van der Waals surface area contributed by atoms with Gasteiger partial charge < -0.3 is 15.4 Å². The van der Waals surface area contributed by atoms with E-state index in [2.05, 4.69) is 10.6 Å². The molecule has 2 fully saturated rings. The van der Waals surface area contributed by atoms with Crippen LogP contribution in [0.15, 0.2) is 30.3 Å². The van der Waals surface area contributed by atoms with E-state index in [-0.39, 0.29) is 24.8 Å². The van der Waals surface area contributed by atoms with Crippen molar-refractivity contribution in [3.8, 4) is 0 Å². The largest absolute Gasteiger partial charge is 0.444 e. The van der Waals surface area contributed by atoms with Crippen LogP contribution in [0.25, 0.3) is 0 Å². The SMILES string of the molecule is CC(C)(C)NC(=O)[C@@H]1C[C@@H]2CCCC[C@@H]2CN1S(=O)(=O)C(CNC(=O)OC(C)(C)C)Cc1ccccc1. The Labute approximate surface area is 223 Å². The smallest absolute Gasteiger partial charge is 0.407 e. The zero-order valence-electron chi connectivity index (χ0n) is 23.2. The normalized spacial score (nSPS) is 24.0. The maximum atomic E-state index is 14.3. The molecule has 1 heterocycles. The molecule has 0 radical (unpaired) electrons. The highest BCUT2D eigenvalue weighted by Crippen LogP contribution is 2.40. The van der Waals surface area contributed by atoms with Gasteiger partial charge in [-0.3, -0.25) is 4.79 Å². The van der Waals surface area contributed by atoms with Crippen molar-refractivity contribution in [2.24, 2.45) is 11.8 Å². The first-order valence-electron chi connectivity index (χ1n) is 13.5. The van der Waals surface area contributed by atoms with Crippen LogP contribution in [-0.2, 0) is 26.0 Å². The van der Waals surface area contributed by atoms with E-state index in [0.717, 1.165) is 31.2 Å². The summed E-state index contributed by atoms with van der Waals surface area (Å²) in [6, 6.07) is 8.62. The summed E-state index contributed by atoms with van der Waals surface area (Å²) in [5.41, 5.74) is -0.320. The van der Waals surface area contributed by atoms with Crippen LogP contribution in [0, 0.1) is 11.8 Å². The number of sulfonamides is 1. The predicted octanol–water partition coefficient (Wildman–Crippen LogP) is 4.25. The summed E-state index contributed by atoms with van der Waals surface area (Å²) < 4.78 is 35.4. The summed E-state index contributed by atoms with van der Waals surface area (Å²) >= 11 is 0. The molecule has 1 aromatic rings. The van der Waals surface area contributed by atoms with Crippen LogP contribution >= 0.6 is 0 Å². The molecular weight excluding hydrogens is 490 g/mol. The number of nitrogens with zero attached hydrogens (tertiary/aromatic N) is 1. The molecule has 0 aromatic heterocycles. The maximum absolute atomic E-state index is 14.3. The number of fused-ring (bicyclic) bond motifs is 1. The maximum Gasteiger partial charge on any atom is 0.407 e. The Morgan fingerprint density at radius 3 is 2.24 bits per heavy atom. The molecule has 9 heteroatoms. The Morgan fingerprint density at radius 1 is 1.03 bits per heavy atom. The Morgan fingerprint density at radius 2 is 1.65 bits per heavy atom. The lowest BCUT2D eigenvalue weighted by Crippen LogP contribution is -2.61. The van der Waals surface area contributed by atoms with Crippen molar-refractivity contribution in [2.75, 3.05) is 13.1 Å². The molecule has 0 bridgehead atoms. The van der Waals surface area contributed by atoms with E-state index in [4.69, 9.17) is 4.74 Å². The quantitative estimate of drug-likeness (QED) is 0.543. The number of alkyl carbamates (subject to hydrolysis) is 1. The topological polar surface area (TPSA) is 105 Å². The Balaban J connectivity index is 1.91. The van der Waals surface area contributed by atoms with Gasteiger partial charge in [0.15, 0.2) is 0 Å². The van der Waals surface area contributed by atoms with Crippen molar-refractivity contribution in [1.29, 1.82) is 0 Å². The first-order valence-corrected chi connectivity index (χ1v) is 15.0. The molecule has 1 saturated carbocycles. The summed E-state index contributed by atoms with van der Waals surface area (Å²) in [7, 11) is -3.96. The molecule has 2 aliphatic rings. The van der Waals surface area contributed by atoms with Gasteiger partial charge in [-0.2, -0.15) is 4.31 Å². The molecule has 4 atom stereocenters.